The largest absolute Gasteiger partial charge is 0.278 e. The summed E-state index contributed by atoms with van der Waals surface area (Å²) < 4.78 is 40.3. The molecule has 0 spiro atoms. The Morgan fingerprint density at radius 3 is 2.52 bits per heavy atom. The third-order valence-corrected chi connectivity index (χ3v) is 5.15. The van der Waals surface area contributed by atoms with Gasteiger partial charge in [-0.1, -0.05) is 34.8 Å². The zero-order valence-electron chi connectivity index (χ0n) is 10.5. The summed E-state index contributed by atoms with van der Waals surface area (Å²) in [4.78, 5) is 3.40. The van der Waals surface area contributed by atoms with E-state index in [0.717, 1.165) is 12.1 Å². The fourth-order valence-electron chi connectivity index (χ4n) is 1.54. The van der Waals surface area contributed by atoms with Crippen LogP contribution in [-0.2, 0) is 10.0 Å². The van der Waals surface area contributed by atoms with Crippen molar-refractivity contribution in [3.8, 4) is 0 Å². The Hall–Kier alpha value is -1.08. The van der Waals surface area contributed by atoms with Crippen molar-refractivity contribution in [2.75, 3.05) is 4.72 Å². The standard InChI is InChI=1S/C12H8Cl3FN2O2S/c1-6-4-7(5-17-12(6)15)18-21(19,20)9-3-2-8(13)11(16)10(9)14/h2-5,18H,1H3. The van der Waals surface area contributed by atoms with Gasteiger partial charge in [0.1, 0.15) is 10.0 Å². The summed E-state index contributed by atoms with van der Waals surface area (Å²) in [6, 6.07) is 3.72. The van der Waals surface area contributed by atoms with Crippen molar-refractivity contribution in [1.29, 1.82) is 0 Å². The van der Waals surface area contributed by atoms with E-state index in [-0.39, 0.29) is 15.9 Å². The molecule has 1 heterocycles. The van der Waals surface area contributed by atoms with Crippen LogP contribution in [-0.4, -0.2) is 13.4 Å². The summed E-state index contributed by atoms with van der Waals surface area (Å²) in [5.74, 6) is -0.994. The van der Waals surface area contributed by atoms with Crippen LogP contribution >= 0.6 is 34.8 Å². The van der Waals surface area contributed by atoms with Crippen molar-refractivity contribution in [3.63, 3.8) is 0 Å². The molecule has 0 aliphatic rings. The van der Waals surface area contributed by atoms with Crippen LogP contribution in [0, 0.1) is 12.7 Å². The van der Waals surface area contributed by atoms with Crippen LogP contribution in [0.2, 0.25) is 15.2 Å². The molecule has 4 nitrogen and oxygen atoms in total. The Morgan fingerprint density at radius 1 is 1.24 bits per heavy atom. The maximum atomic E-state index is 13.6. The van der Waals surface area contributed by atoms with Gasteiger partial charge in [-0.25, -0.2) is 17.8 Å². The second-order valence-corrected chi connectivity index (χ2v) is 6.90. The molecule has 1 aromatic heterocycles. The average molecular weight is 370 g/mol. The summed E-state index contributed by atoms with van der Waals surface area (Å²) in [5.41, 5.74) is 0.772. The van der Waals surface area contributed by atoms with Gasteiger partial charge in [-0.2, -0.15) is 0 Å². The summed E-state index contributed by atoms with van der Waals surface area (Å²) in [7, 11) is -4.08. The minimum absolute atomic E-state index is 0.184. The van der Waals surface area contributed by atoms with Gasteiger partial charge in [0.05, 0.1) is 21.9 Å². The molecule has 1 N–H and O–H groups in total. The number of nitrogens with one attached hydrogen (secondary N) is 1. The maximum absolute atomic E-state index is 13.6. The molecule has 0 unspecified atom stereocenters. The molecule has 0 bridgehead atoms. The Morgan fingerprint density at radius 2 is 1.90 bits per heavy atom. The van der Waals surface area contributed by atoms with Gasteiger partial charge in [-0.05, 0) is 30.7 Å². The average Bonchev–Trinajstić information content (AvgIpc) is 2.39. The van der Waals surface area contributed by atoms with Gasteiger partial charge in [-0.15, -0.1) is 0 Å². The van der Waals surface area contributed by atoms with Crippen molar-refractivity contribution in [2.45, 2.75) is 11.8 Å². The highest BCUT2D eigenvalue weighted by Crippen LogP contribution is 2.30. The molecule has 1 aromatic carbocycles. The number of nitrogens with zero attached hydrogens (tertiary/aromatic N) is 1. The fourth-order valence-corrected chi connectivity index (χ4v) is 3.42. The minimum Gasteiger partial charge on any atom is -0.278 e. The number of anilines is 1. The number of sulfonamides is 1. The Balaban J connectivity index is 2.43. The summed E-state index contributed by atoms with van der Waals surface area (Å²) >= 11 is 17.0. The van der Waals surface area contributed by atoms with E-state index in [9.17, 15) is 12.8 Å². The number of hydrogen-bond acceptors (Lipinski definition) is 3. The third-order valence-electron chi connectivity index (χ3n) is 2.56. The van der Waals surface area contributed by atoms with Crippen LogP contribution in [0.25, 0.3) is 0 Å². The molecular weight excluding hydrogens is 362 g/mol. The lowest BCUT2D eigenvalue weighted by molar-refractivity contribution is 0.595. The molecule has 0 radical (unpaired) electrons. The smallest absolute Gasteiger partial charge is 0.263 e. The van der Waals surface area contributed by atoms with E-state index >= 15 is 0 Å². The predicted molar refractivity (Wildman–Crippen MR) is 81.2 cm³/mol. The SMILES string of the molecule is Cc1cc(NS(=O)(=O)c2ccc(Cl)c(F)c2Cl)cnc1Cl. The number of hydrogen-bond donors (Lipinski definition) is 1. The lowest BCUT2D eigenvalue weighted by atomic mass is 10.3. The van der Waals surface area contributed by atoms with Crippen LogP contribution in [0.1, 0.15) is 5.56 Å². The van der Waals surface area contributed by atoms with E-state index < -0.39 is 25.8 Å². The topological polar surface area (TPSA) is 59.1 Å². The van der Waals surface area contributed by atoms with Crippen LogP contribution in [0.5, 0.6) is 0 Å². The van der Waals surface area contributed by atoms with Crippen molar-refractivity contribution in [3.05, 3.63) is 51.0 Å². The zero-order chi connectivity index (χ0) is 15.8. The van der Waals surface area contributed by atoms with Crippen LogP contribution in [0.15, 0.2) is 29.3 Å². The van der Waals surface area contributed by atoms with E-state index in [2.05, 4.69) is 9.71 Å². The lowest BCUT2D eigenvalue weighted by Crippen LogP contribution is -2.14. The van der Waals surface area contributed by atoms with Gasteiger partial charge in [0.15, 0.2) is 5.82 Å². The van der Waals surface area contributed by atoms with Crippen molar-refractivity contribution < 1.29 is 12.8 Å². The van der Waals surface area contributed by atoms with E-state index in [1.165, 1.54) is 12.3 Å². The molecule has 2 rings (SSSR count). The van der Waals surface area contributed by atoms with Gasteiger partial charge >= 0.3 is 0 Å². The number of aryl methyl sites for hydroxylation is 1. The summed E-state index contributed by atoms with van der Waals surface area (Å²) in [6.07, 6.45) is 1.24. The van der Waals surface area contributed by atoms with E-state index in [0.29, 0.717) is 5.56 Å². The molecule has 0 aliphatic heterocycles. The van der Waals surface area contributed by atoms with Gasteiger partial charge in [0.2, 0.25) is 0 Å². The number of aromatic nitrogens is 1. The predicted octanol–water partition coefficient (Wildman–Crippen LogP) is 4.29. The van der Waals surface area contributed by atoms with Crippen LogP contribution in [0.3, 0.4) is 0 Å². The van der Waals surface area contributed by atoms with E-state index in [1.54, 1.807) is 6.92 Å². The first-order chi connectivity index (χ1) is 9.72. The molecule has 0 atom stereocenters. The molecule has 9 heteroatoms. The molecule has 21 heavy (non-hydrogen) atoms. The highest BCUT2D eigenvalue weighted by molar-refractivity contribution is 7.92. The van der Waals surface area contributed by atoms with Crippen molar-refractivity contribution in [2.24, 2.45) is 0 Å². The lowest BCUT2D eigenvalue weighted by Gasteiger charge is -2.11. The highest BCUT2D eigenvalue weighted by atomic mass is 35.5. The number of benzene rings is 1. The fraction of sp³-hybridized carbons (Fsp3) is 0.0833. The minimum atomic E-state index is -4.08. The molecule has 0 fully saturated rings. The summed E-state index contributed by atoms with van der Waals surface area (Å²) in [5, 5.41) is -0.579. The van der Waals surface area contributed by atoms with Gasteiger partial charge in [0.25, 0.3) is 10.0 Å². The first kappa shape index (κ1) is 16.3. The number of rotatable bonds is 3. The number of halogens is 4. The van der Waals surface area contributed by atoms with Crippen LogP contribution in [0.4, 0.5) is 10.1 Å². The van der Waals surface area contributed by atoms with Gasteiger partial charge < -0.3 is 0 Å². The van der Waals surface area contributed by atoms with Gasteiger partial charge in [0, 0.05) is 0 Å². The monoisotopic (exact) mass is 368 g/mol. The van der Waals surface area contributed by atoms with E-state index in [4.69, 9.17) is 34.8 Å². The van der Waals surface area contributed by atoms with E-state index in [1.807, 2.05) is 0 Å². The molecular formula is C12H8Cl3FN2O2S. The highest BCUT2D eigenvalue weighted by Gasteiger charge is 2.22. The Kier molecular flexibility index (Phi) is 4.63. The second-order valence-electron chi connectivity index (χ2n) is 4.11. The third kappa shape index (κ3) is 3.40. The Bertz CT molecular complexity index is 812. The number of pyridine rings is 1. The second kappa shape index (κ2) is 5.96. The normalized spacial score (nSPS) is 11.5. The maximum Gasteiger partial charge on any atom is 0.263 e. The summed E-state index contributed by atoms with van der Waals surface area (Å²) in [6.45, 7) is 1.67. The zero-order valence-corrected chi connectivity index (χ0v) is 13.6. The Labute approximate surface area is 135 Å². The molecule has 0 saturated heterocycles. The first-order valence-corrected chi connectivity index (χ1v) is 8.12. The van der Waals surface area contributed by atoms with Crippen molar-refractivity contribution >= 4 is 50.5 Å². The molecule has 112 valence electrons. The van der Waals surface area contributed by atoms with Crippen molar-refractivity contribution in [1.82, 2.24) is 4.98 Å². The first-order valence-electron chi connectivity index (χ1n) is 5.51. The molecule has 2 aromatic rings. The quantitative estimate of drug-likeness (QED) is 0.648. The molecule has 0 aliphatic carbocycles. The molecule has 0 saturated carbocycles. The van der Waals surface area contributed by atoms with Gasteiger partial charge in [-0.3, -0.25) is 4.72 Å². The molecule has 0 amide bonds. The van der Waals surface area contributed by atoms with Crippen LogP contribution < -0.4 is 4.72 Å².